The molecule has 0 bridgehead atoms. The normalized spacial score (nSPS) is 13.7. The number of aryl methyl sites for hydroxylation is 1. The first-order valence-electron chi connectivity index (χ1n) is 8.58. The van der Waals surface area contributed by atoms with Crippen molar-refractivity contribution in [2.75, 3.05) is 19.6 Å². The Morgan fingerprint density at radius 3 is 2.00 bits per heavy atom. The standard InChI is InChI=1S/C19H34N2/c1-7-11-16-12-14-17(15-13-16)18(20-8-2)19(5,6)21(9-3)10-4/h12-15,18,20H,7-11H2,1-6H3. The van der Waals surface area contributed by atoms with Gasteiger partial charge in [-0.1, -0.05) is 58.4 Å². The number of hydrogen-bond donors (Lipinski definition) is 1. The molecule has 0 saturated carbocycles. The first-order valence-corrected chi connectivity index (χ1v) is 8.58. The van der Waals surface area contributed by atoms with E-state index in [2.05, 4.69) is 76.0 Å². The predicted octanol–water partition coefficient (Wildman–Crippen LogP) is 4.41. The summed E-state index contributed by atoms with van der Waals surface area (Å²) in [6, 6.07) is 9.56. The van der Waals surface area contributed by atoms with Crippen LogP contribution >= 0.6 is 0 Å². The number of likely N-dealkylation sites (N-methyl/N-ethyl adjacent to an activating group) is 2. The molecule has 0 spiro atoms. The van der Waals surface area contributed by atoms with Gasteiger partial charge in [0.1, 0.15) is 0 Å². The fraction of sp³-hybridized carbons (Fsp3) is 0.684. The molecule has 1 rings (SSSR count). The Morgan fingerprint density at radius 2 is 1.57 bits per heavy atom. The summed E-state index contributed by atoms with van der Waals surface area (Å²) >= 11 is 0. The van der Waals surface area contributed by atoms with Gasteiger partial charge in [-0.25, -0.2) is 0 Å². The van der Waals surface area contributed by atoms with Gasteiger partial charge in [0.15, 0.2) is 0 Å². The molecule has 0 aromatic heterocycles. The van der Waals surface area contributed by atoms with Crippen molar-refractivity contribution in [2.24, 2.45) is 0 Å². The lowest BCUT2D eigenvalue weighted by atomic mass is 9.86. The summed E-state index contributed by atoms with van der Waals surface area (Å²) in [4.78, 5) is 2.54. The van der Waals surface area contributed by atoms with E-state index >= 15 is 0 Å². The number of rotatable bonds is 9. The van der Waals surface area contributed by atoms with Gasteiger partial charge in [-0.05, 0) is 51.0 Å². The third-order valence-electron chi connectivity index (χ3n) is 4.54. The third-order valence-corrected chi connectivity index (χ3v) is 4.54. The molecule has 0 saturated heterocycles. The van der Waals surface area contributed by atoms with E-state index in [1.807, 2.05) is 0 Å². The van der Waals surface area contributed by atoms with Gasteiger partial charge in [-0.3, -0.25) is 4.90 Å². The van der Waals surface area contributed by atoms with Crippen LogP contribution in [0.4, 0.5) is 0 Å². The van der Waals surface area contributed by atoms with Crippen LogP contribution in [-0.2, 0) is 6.42 Å². The molecule has 0 amide bonds. The van der Waals surface area contributed by atoms with Gasteiger partial charge in [-0.15, -0.1) is 0 Å². The topological polar surface area (TPSA) is 15.3 Å². The molecule has 1 atom stereocenters. The summed E-state index contributed by atoms with van der Waals surface area (Å²) in [7, 11) is 0. The molecule has 1 unspecified atom stereocenters. The Hall–Kier alpha value is -0.860. The van der Waals surface area contributed by atoms with Crippen molar-refractivity contribution in [1.29, 1.82) is 0 Å². The van der Waals surface area contributed by atoms with Gasteiger partial charge in [0.05, 0.1) is 6.04 Å². The first kappa shape index (κ1) is 18.2. The first-order chi connectivity index (χ1) is 10.0. The molecular formula is C19H34N2. The van der Waals surface area contributed by atoms with E-state index in [4.69, 9.17) is 0 Å². The highest BCUT2D eigenvalue weighted by Gasteiger charge is 2.34. The van der Waals surface area contributed by atoms with Crippen molar-refractivity contribution in [3.63, 3.8) is 0 Å². The van der Waals surface area contributed by atoms with E-state index in [1.54, 1.807) is 0 Å². The second kappa shape index (κ2) is 8.55. The largest absolute Gasteiger partial charge is 0.309 e. The van der Waals surface area contributed by atoms with E-state index in [1.165, 1.54) is 24.0 Å². The smallest absolute Gasteiger partial charge is 0.0501 e. The highest BCUT2D eigenvalue weighted by atomic mass is 15.2. The molecule has 1 aromatic rings. The second-order valence-corrected chi connectivity index (χ2v) is 6.31. The lowest BCUT2D eigenvalue weighted by molar-refractivity contribution is 0.0918. The fourth-order valence-electron chi connectivity index (χ4n) is 3.37. The minimum atomic E-state index is 0.103. The summed E-state index contributed by atoms with van der Waals surface area (Å²) < 4.78 is 0. The van der Waals surface area contributed by atoms with Crippen LogP contribution in [0.1, 0.15) is 65.1 Å². The number of benzene rings is 1. The Labute approximate surface area is 131 Å². The van der Waals surface area contributed by atoms with Crippen molar-refractivity contribution in [1.82, 2.24) is 10.2 Å². The summed E-state index contributed by atoms with van der Waals surface area (Å²) in [6.45, 7) is 16.8. The Morgan fingerprint density at radius 1 is 1.00 bits per heavy atom. The fourth-order valence-corrected chi connectivity index (χ4v) is 3.37. The molecule has 0 radical (unpaired) electrons. The second-order valence-electron chi connectivity index (χ2n) is 6.31. The molecule has 1 N–H and O–H groups in total. The Balaban J connectivity index is 3.04. The van der Waals surface area contributed by atoms with E-state index < -0.39 is 0 Å². The predicted molar refractivity (Wildman–Crippen MR) is 93.9 cm³/mol. The van der Waals surface area contributed by atoms with Crippen LogP contribution in [0.2, 0.25) is 0 Å². The zero-order chi connectivity index (χ0) is 15.9. The van der Waals surface area contributed by atoms with Gasteiger partial charge in [0.25, 0.3) is 0 Å². The zero-order valence-electron chi connectivity index (χ0n) is 14.9. The van der Waals surface area contributed by atoms with Crippen LogP contribution in [0.5, 0.6) is 0 Å². The van der Waals surface area contributed by atoms with Crippen LogP contribution in [0, 0.1) is 0 Å². The highest BCUT2D eigenvalue weighted by molar-refractivity contribution is 5.27. The van der Waals surface area contributed by atoms with Crippen LogP contribution in [0.15, 0.2) is 24.3 Å². The molecule has 0 fully saturated rings. The van der Waals surface area contributed by atoms with E-state index in [0.717, 1.165) is 19.6 Å². The zero-order valence-corrected chi connectivity index (χ0v) is 14.9. The summed E-state index contributed by atoms with van der Waals surface area (Å²) in [5, 5.41) is 3.70. The van der Waals surface area contributed by atoms with Crippen molar-refractivity contribution in [2.45, 2.75) is 66.0 Å². The van der Waals surface area contributed by atoms with E-state index in [9.17, 15) is 0 Å². The maximum Gasteiger partial charge on any atom is 0.0501 e. The van der Waals surface area contributed by atoms with Crippen molar-refractivity contribution in [3.8, 4) is 0 Å². The van der Waals surface area contributed by atoms with Crippen molar-refractivity contribution in [3.05, 3.63) is 35.4 Å². The average Bonchev–Trinajstić information content (AvgIpc) is 2.47. The van der Waals surface area contributed by atoms with Crippen molar-refractivity contribution >= 4 is 0 Å². The molecule has 0 heterocycles. The van der Waals surface area contributed by atoms with Gasteiger partial charge < -0.3 is 5.32 Å². The molecular weight excluding hydrogens is 256 g/mol. The molecule has 2 nitrogen and oxygen atoms in total. The van der Waals surface area contributed by atoms with Gasteiger partial charge in [0, 0.05) is 5.54 Å². The monoisotopic (exact) mass is 290 g/mol. The molecule has 0 aliphatic heterocycles. The highest BCUT2D eigenvalue weighted by Crippen LogP contribution is 2.31. The van der Waals surface area contributed by atoms with Crippen LogP contribution < -0.4 is 5.32 Å². The number of hydrogen-bond acceptors (Lipinski definition) is 2. The van der Waals surface area contributed by atoms with Gasteiger partial charge in [0.2, 0.25) is 0 Å². The summed E-state index contributed by atoms with van der Waals surface area (Å²) in [5.74, 6) is 0. The molecule has 1 aromatic carbocycles. The van der Waals surface area contributed by atoms with Crippen LogP contribution in [0.25, 0.3) is 0 Å². The molecule has 0 aliphatic carbocycles. The Kier molecular flexibility index (Phi) is 7.41. The lowest BCUT2D eigenvalue weighted by Crippen LogP contribution is -2.52. The van der Waals surface area contributed by atoms with Crippen LogP contribution in [0.3, 0.4) is 0 Å². The average molecular weight is 290 g/mol. The SMILES string of the molecule is CCCc1ccc(C(NCC)C(C)(C)N(CC)CC)cc1. The Bertz CT molecular complexity index is 391. The molecule has 0 aliphatic rings. The molecule has 21 heavy (non-hydrogen) atoms. The van der Waals surface area contributed by atoms with Crippen molar-refractivity contribution < 1.29 is 0 Å². The van der Waals surface area contributed by atoms with Gasteiger partial charge in [-0.2, -0.15) is 0 Å². The summed E-state index contributed by atoms with van der Waals surface area (Å²) in [6.07, 6.45) is 2.38. The molecule has 120 valence electrons. The maximum atomic E-state index is 3.70. The number of nitrogens with zero attached hydrogens (tertiary/aromatic N) is 1. The minimum absolute atomic E-state index is 0.103. The number of nitrogens with one attached hydrogen (secondary N) is 1. The minimum Gasteiger partial charge on any atom is -0.309 e. The molecule has 2 heteroatoms. The lowest BCUT2D eigenvalue weighted by Gasteiger charge is -2.44. The van der Waals surface area contributed by atoms with E-state index in [0.29, 0.717) is 6.04 Å². The summed E-state index contributed by atoms with van der Waals surface area (Å²) in [5.41, 5.74) is 2.94. The maximum absolute atomic E-state index is 3.70. The third kappa shape index (κ3) is 4.55. The van der Waals surface area contributed by atoms with Crippen LogP contribution in [-0.4, -0.2) is 30.1 Å². The van der Waals surface area contributed by atoms with E-state index in [-0.39, 0.29) is 5.54 Å². The quantitative estimate of drug-likeness (QED) is 0.724. The van der Waals surface area contributed by atoms with Gasteiger partial charge >= 0.3 is 0 Å².